The molecule has 0 aliphatic heterocycles. The standard InChI is InChI=1S/C19H21FN2O2/c1-13(16-8-3-4-9-17(16)20)10-18(23)22-12-14-6-5-7-15(11-14)19(24)21-2/h3-9,11,13H,10,12H2,1-2H3,(H,21,24)(H,22,23)/t13-/m0/s1. The molecule has 0 heterocycles. The summed E-state index contributed by atoms with van der Waals surface area (Å²) in [7, 11) is 1.57. The van der Waals surface area contributed by atoms with Gasteiger partial charge in [-0.2, -0.15) is 0 Å². The summed E-state index contributed by atoms with van der Waals surface area (Å²) in [4.78, 5) is 23.7. The SMILES string of the molecule is CNC(=O)c1cccc(CNC(=O)C[C@H](C)c2ccccc2F)c1. The zero-order valence-electron chi connectivity index (χ0n) is 13.8. The molecule has 0 radical (unpaired) electrons. The number of hydrogen-bond acceptors (Lipinski definition) is 2. The van der Waals surface area contributed by atoms with E-state index in [-0.39, 0.29) is 30.0 Å². The minimum atomic E-state index is -0.295. The Labute approximate surface area is 141 Å². The Kier molecular flexibility index (Phi) is 6.07. The Bertz CT molecular complexity index is 731. The molecule has 0 fully saturated rings. The lowest BCUT2D eigenvalue weighted by atomic mass is 9.97. The first-order chi connectivity index (χ1) is 11.5. The van der Waals surface area contributed by atoms with Crippen LogP contribution in [0.2, 0.25) is 0 Å². The van der Waals surface area contributed by atoms with Crippen LogP contribution in [0.1, 0.15) is 40.7 Å². The van der Waals surface area contributed by atoms with Crippen LogP contribution in [0.25, 0.3) is 0 Å². The Morgan fingerprint density at radius 3 is 2.58 bits per heavy atom. The third-order valence-electron chi connectivity index (χ3n) is 3.83. The summed E-state index contributed by atoms with van der Waals surface area (Å²) in [6, 6.07) is 13.5. The van der Waals surface area contributed by atoms with Gasteiger partial charge < -0.3 is 10.6 Å². The van der Waals surface area contributed by atoms with E-state index in [1.807, 2.05) is 13.0 Å². The highest BCUT2D eigenvalue weighted by Gasteiger charge is 2.14. The summed E-state index contributed by atoms with van der Waals surface area (Å²) in [6.07, 6.45) is 0.204. The molecule has 0 aliphatic carbocycles. The van der Waals surface area contributed by atoms with E-state index in [4.69, 9.17) is 0 Å². The van der Waals surface area contributed by atoms with E-state index in [1.165, 1.54) is 6.07 Å². The molecular formula is C19H21FN2O2. The molecule has 0 spiro atoms. The molecule has 2 amide bonds. The molecule has 1 atom stereocenters. The number of rotatable bonds is 6. The van der Waals surface area contributed by atoms with Crippen LogP contribution in [0.5, 0.6) is 0 Å². The van der Waals surface area contributed by atoms with Gasteiger partial charge in [-0.25, -0.2) is 4.39 Å². The number of carbonyl (C=O) groups is 2. The summed E-state index contributed by atoms with van der Waals surface area (Å²) < 4.78 is 13.7. The van der Waals surface area contributed by atoms with E-state index in [0.29, 0.717) is 17.7 Å². The van der Waals surface area contributed by atoms with Gasteiger partial charge >= 0.3 is 0 Å². The molecule has 0 saturated heterocycles. The molecule has 2 aromatic rings. The summed E-state index contributed by atoms with van der Waals surface area (Å²) in [5, 5.41) is 5.37. The van der Waals surface area contributed by atoms with Gasteiger partial charge in [0, 0.05) is 25.6 Å². The fourth-order valence-electron chi connectivity index (χ4n) is 2.50. The predicted molar refractivity (Wildman–Crippen MR) is 91.1 cm³/mol. The van der Waals surface area contributed by atoms with E-state index < -0.39 is 0 Å². The second-order valence-corrected chi connectivity index (χ2v) is 5.68. The Morgan fingerprint density at radius 1 is 1.12 bits per heavy atom. The third kappa shape index (κ3) is 4.65. The highest BCUT2D eigenvalue weighted by molar-refractivity contribution is 5.94. The number of amides is 2. The molecule has 5 heteroatoms. The van der Waals surface area contributed by atoms with Gasteiger partial charge in [0.05, 0.1) is 0 Å². The number of benzene rings is 2. The van der Waals surface area contributed by atoms with E-state index in [2.05, 4.69) is 10.6 Å². The zero-order chi connectivity index (χ0) is 17.5. The minimum absolute atomic E-state index is 0.156. The Hall–Kier alpha value is -2.69. The molecular weight excluding hydrogens is 307 g/mol. The van der Waals surface area contributed by atoms with E-state index in [1.54, 1.807) is 43.4 Å². The molecule has 2 N–H and O–H groups in total. The lowest BCUT2D eigenvalue weighted by Crippen LogP contribution is -2.24. The number of halogens is 1. The van der Waals surface area contributed by atoms with Gasteiger partial charge in [0.1, 0.15) is 5.82 Å². The van der Waals surface area contributed by atoms with Crippen molar-refractivity contribution < 1.29 is 14.0 Å². The summed E-state index contributed by atoms with van der Waals surface area (Å²) in [6.45, 7) is 2.15. The molecule has 0 saturated carbocycles. The normalized spacial score (nSPS) is 11.6. The van der Waals surface area contributed by atoms with Gasteiger partial charge in [-0.15, -0.1) is 0 Å². The van der Waals surface area contributed by atoms with Crippen LogP contribution in [-0.4, -0.2) is 18.9 Å². The average molecular weight is 328 g/mol. The average Bonchev–Trinajstić information content (AvgIpc) is 2.59. The van der Waals surface area contributed by atoms with Crippen LogP contribution in [0.15, 0.2) is 48.5 Å². The van der Waals surface area contributed by atoms with Crippen LogP contribution in [0.3, 0.4) is 0 Å². The first-order valence-electron chi connectivity index (χ1n) is 7.83. The molecule has 0 bridgehead atoms. The van der Waals surface area contributed by atoms with Gasteiger partial charge in [0.25, 0.3) is 5.91 Å². The highest BCUT2D eigenvalue weighted by atomic mass is 19.1. The van der Waals surface area contributed by atoms with Gasteiger partial charge in [0.2, 0.25) is 5.91 Å². The summed E-state index contributed by atoms with van der Waals surface area (Å²) in [5.74, 6) is -0.827. The van der Waals surface area contributed by atoms with Crippen molar-refractivity contribution in [3.63, 3.8) is 0 Å². The van der Waals surface area contributed by atoms with Crippen molar-refractivity contribution in [3.05, 3.63) is 71.0 Å². The molecule has 0 aliphatic rings. The first-order valence-corrected chi connectivity index (χ1v) is 7.83. The quantitative estimate of drug-likeness (QED) is 0.856. The van der Waals surface area contributed by atoms with Crippen molar-refractivity contribution in [1.82, 2.24) is 10.6 Å². The van der Waals surface area contributed by atoms with E-state index in [9.17, 15) is 14.0 Å². The van der Waals surface area contributed by atoms with Crippen LogP contribution >= 0.6 is 0 Å². The van der Waals surface area contributed by atoms with Crippen LogP contribution < -0.4 is 10.6 Å². The number of carbonyl (C=O) groups excluding carboxylic acids is 2. The third-order valence-corrected chi connectivity index (χ3v) is 3.83. The Balaban J connectivity index is 1.92. The molecule has 0 unspecified atom stereocenters. The van der Waals surface area contributed by atoms with Crippen molar-refractivity contribution in [3.8, 4) is 0 Å². The largest absolute Gasteiger partial charge is 0.355 e. The van der Waals surface area contributed by atoms with Gasteiger partial charge in [0.15, 0.2) is 0 Å². The zero-order valence-corrected chi connectivity index (χ0v) is 13.8. The van der Waals surface area contributed by atoms with Crippen molar-refractivity contribution in [2.75, 3.05) is 7.05 Å². The topological polar surface area (TPSA) is 58.2 Å². The van der Waals surface area contributed by atoms with Crippen molar-refractivity contribution in [2.24, 2.45) is 0 Å². The smallest absolute Gasteiger partial charge is 0.251 e. The van der Waals surface area contributed by atoms with Gasteiger partial charge in [-0.05, 0) is 35.2 Å². The van der Waals surface area contributed by atoms with E-state index >= 15 is 0 Å². The van der Waals surface area contributed by atoms with Crippen LogP contribution in [0, 0.1) is 5.82 Å². The maximum atomic E-state index is 13.7. The predicted octanol–water partition coefficient (Wildman–Crippen LogP) is 3.00. The first kappa shape index (κ1) is 17.7. The van der Waals surface area contributed by atoms with Gasteiger partial charge in [-0.1, -0.05) is 37.3 Å². The van der Waals surface area contributed by atoms with E-state index in [0.717, 1.165) is 5.56 Å². The van der Waals surface area contributed by atoms with Gasteiger partial charge in [-0.3, -0.25) is 9.59 Å². The Morgan fingerprint density at radius 2 is 1.88 bits per heavy atom. The van der Waals surface area contributed by atoms with Crippen molar-refractivity contribution >= 4 is 11.8 Å². The number of hydrogen-bond donors (Lipinski definition) is 2. The van der Waals surface area contributed by atoms with Crippen molar-refractivity contribution in [2.45, 2.75) is 25.8 Å². The molecule has 2 rings (SSSR count). The fourth-order valence-corrected chi connectivity index (χ4v) is 2.50. The second kappa shape index (κ2) is 8.24. The maximum Gasteiger partial charge on any atom is 0.251 e. The lowest BCUT2D eigenvalue weighted by molar-refractivity contribution is -0.121. The maximum absolute atomic E-state index is 13.7. The number of nitrogens with one attached hydrogen (secondary N) is 2. The molecule has 2 aromatic carbocycles. The molecule has 0 aromatic heterocycles. The van der Waals surface area contributed by atoms with Crippen LogP contribution in [0.4, 0.5) is 4.39 Å². The fraction of sp³-hybridized carbons (Fsp3) is 0.263. The summed E-state index contributed by atoms with van der Waals surface area (Å²) in [5.41, 5.74) is 1.92. The monoisotopic (exact) mass is 328 g/mol. The molecule has 126 valence electrons. The minimum Gasteiger partial charge on any atom is -0.355 e. The lowest BCUT2D eigenvalue weighted by Gasteiger charge is -2.13. The van der Waals surface area contributed by atoms with Crippen LogP contribution in [-0.2, 0) is 11.3 Å². The summed E-state index contributed by atoms with van der Waals surface area (Å²) >= 11 is 0. The second-order valence-electron chi connectivity index (χ2n) is 5.68. The van der Waals surface area contributed by atoms with Crippen molar-refractivity contribution in [1.29, 1.82) is 0 Å². The molecule has 24 heavy (non-hydrogen) atoms. The highest BCUT2D eigenvalue weighted by Crippen LogP contribution is 2.21. The molecule has 4 nitrogen and oxygen atoms in total.